The van der Waals surface area contributed by atoms with Gasteiger partial charge in [0.15, 0.2) is 10.8 Å². The molecule has 1 saturated heterocycles. The number of nitrogens with one attached hydrogen (secondary N) is 1. The molecule has 0 saturated carbocycles. The molecule has 4 rings (SSSR count). The summed E-state index contributed by atoms with van der Waals surface area (Å²) >= 11 is 8.80. The number of hydrogen-bond acceptors (Lipinski definition) is 5. The van der Waals surface area contributed by atoms with Crippen molar-refractivity contribution in [2.75, 3.05) is 18.1 Å². The van der Waals surface area contributed by atoms with Gasteiger partial charge >= 0.3 is 0 Å². The molecule has 1 atom stereocenters. The van der Waals surface area contributed by atoms with E-state index >= 15 is 0 Å². The average Bonchev–Trinajstić information content (AvgIpc) is 3.26. The number of nitrogens with zero attached hydrogens (tertiary/aromatic N) is 3. The Bertz CT molecular complexity index is 967. The summed E-state index contributed by atoms with van der Waals surface area (Å²) in [5.41, 5.74) is 1.84. The van der Waals surface area contributed by atoms with Crippen molar-refractivity contribution in [1.82, 2.24) is 19.9 Å². The van der Waals surface area contributed by atoms with E-state index in [4.69, 9.17) is 11.6 Å². The number of carbonyl (C=O) groups is 1. The van der Waals surface area contributed by atoms with Gasteiger partial charge in [0.1, 0.15) is 11.2 Å². The Hall–Kier alpha value is -1.77. The maximum atomic E-state index is 14.1. The molecule has 0 bridgehead atoms. The minimum atomic E-state index is -0.280. The molecule has 2 aromatic heterocycles. The number of thioether (sulfide) groups is 2. The van der Waals surface area contributed by atoms with Gasteiger partial charge in [-0.05, 0) is 12.1 Å². The van der Waals surface area contributed by atoms with Crippen LogP contribution in [0.25, 0.3) is 11.2 Å². The quantitative estimate of drug-likeness (QED) is 0.658. The van der Waals surface area contributed by atoms with Crippen LogP contribution in [0.4, 0.5) is 4.39 Å². The lowest BCUT2D eigenvalue weighted by Crippen LogP contribution is -2.32. The van der Waals surface area contributed by atoms with Crippen LogP contribution in [0.1, 0.15) is 10.9 Å². The monoisotopic (exact) mass is 408 g/mol. The fraction of sp³-hybridized carbons (Fsp3) is 0.235. The van der Waals surface area contributed by atoms with Gasteiger partial charge < -0.3 is 9.88 Å². The normalized spacial score (nSPS) is 17.2. The van der Waals surface area contributed by atoms with Gasteiger partial charge in [-0.15, -0.1) is 11.8 Å². The van der Waals surface area contributed by atoms with Crippen LogP contribution < -0.4 is 0 Å². The molecule has 0 aliphatic carbocycles. The van der Waals surface area contributed by atoms with Crippen LogP contribution in [0.5, 0.6) is 0 Å². The number of carbonyl (C=O) groups excluding carboxylic acids is 1. The van der Waals surface area contributed by atoms with Crippen LogP contribution in [0.3, 0.4) is 0 Å². The standard InChI is InChI=1S/C17H14ClFN4OS2/c18-10-7-13-15(20-8-10)22-17(21-13)26-9-14(24)23-5-6-25-16(23)11-3-1-2-4-12(11)19/h1-4,7-8,16H,5-6,9H2,(H,20,21,22). The van der Waals surface area contributed by atoms with E-state index in [1.54, 1.807) is 40.9 Å². The average molecular weight is 409 g/mol. The molecule has 1 fully saturated rings. The van der Waals surface area contributed by atoms with E-state index in [0.29, 0.717) is 27.9 Å². The molecule has 1 aromatic carbocycles. The highest BCUT2D eigenvalue weighted by Crippen LogP contribution is 2.39. The Labute approximate surface area is 162 Å². The first-order valence-corrected chi connectivity index (χ1v) is 10.3. The van der Waals surface area contributed by atoms with Crippen molar-refractivity contribution in [3.8, 4) is 0 Å². The highest BCUT2D eigenvalue weighted by molar-refractivity contribution is 8.00. The van der Waals surface area contributed by atoms with Crippen LogP contribution in [0.15, 0.2) is 41.7 Å². The second-order valence-electron chi connectivity index (χ2n) is 5.69. The second-order valence-corrected chi connectivity index (χ2v) is 8.28. The Morgan fingerprint density at radius 1 is 1.46 bits per heavy atom. The number of benzene rings is 1. The molecular weight excluding hydrogens is 395 g/mol. The van der Waals surface area contributed by atoms with Crippen LogP contribution in [-0.2, 0) is 4.79 Å². The van der Waals surface area contributed by atoms with E-state index in [1.165, 1.54) is 24.0 Å². The van der Waals surface area contributed by atoms with E-state index in [-0.39, 0.29) is 22.9 Å². The predicted octanol–water partition coefficient (Wildman–Crippen LogP) is 4.12. The van der Waals surface area contributed by atoms with Crippen LogP contribution >= 0.6 is 35.1 Å². The SMILES string of the molecule is O=C(CSc1nc2ncc(Cl)cc2[nH]1)N1CCSC1c1ccccc1F. The van der Waals surface area contributed by atoms with Crippen LogP contribution in [-0.4, -0.2) is 43.8 Å². The lowest BCUT2D eigenvalue weighted by molar-refractivity contribution is -0.128. The van der Waals surface area contributed by atoms with Gasteiger partial charge in [0.25, 0.3) is 0 Å². The van der Waals surface area contributed by atoms with Gasteiger partial charge in [0.05, 0.1) is 16.3 Å². The van der Waals surface area contributed by atoms with Gasteiger partial charge in [-0.1, -0.05) is 41.6 Å². The number of H-pyrrole nitrogens is 1. The zero-order valence-electron chi connectivity index (χ0n) is 13.5. The number of aromatic amines is 1. The molecule has 26 heavy (non-hydrogen) atoms. The van der Waals surface area contributed by atoms with Gasteiger partial charge in [-0.25, -0.2) is 14.4 Å². The third kappa shape index (κ3) is 3.54. The molecule has 5 nitrogen and oxygen atoms in total. The Morgan fingerprint density at radius 3 is 3.15 bits per heavy atom. The first-order valence-electron chi connectivity index (χ1n) is 7.91. The summed E-state index contributed by atoms with van der Waals surface area (Å²) < 4.78 is 14.1. The summed E-state index contributed by atoms with van der Waals surface area (Å²) in [5, 5.41) is 0.855. The summed E-state index contributed by atoms with van der Waals surface area (Å²) in [5.74, 6) is 0.693. The molecule has 1 aliphatic rings. The van der Waals surface area contributed by atoms with Crippen molar-refractivity contribution < 1.29 is 9.18 Å². The fourth-order valence-electron chi connectivity index (χ4n) is 2.79. The van der Waals surface area contributed by atoms with E-state index in [0.717, 1.165) is 11.3 Å². The predicted molar refractivity (Wildman–Crippen MR) is 103 cm³/mol. The van der Waals surface area contributed by atoms with E-state index in [2.05, 4.69) is 15.0 Å². The highest BCUT2D eigenvalue weighted by Gasteiger charge is 2.32. The number of hydrogen-bond donors (Lipinski definition) is 1. The number of rotatable bonds is 4. The van der Waals surface area contributed by atoms with Crippen LogP contribution in [0.2, 0.25) is 5.02 Å². The summed E-state index contributed by atoms with van der Waals surface area (Å²) in [6, 6.07) is 8.36. The molecule has 3 heterocycles. The molecule has 0 radical (unpaired) electrons. The number of pyridine rings is 1. The maximum Gasteiger partial charge on any atom is 0.234 e. The molecule has 134 valence electrons. The molecule has 3 aromatic rings. The summed E-state index contributed by atoms with van der Waals surface area (Å²) in [4.78, 5) is 26.0. The van der Waals surface area contributed by atoms with Gasteiger partial charge in [-0.2, -0.15) is 0 Å². The lowest BCUT2D eigenvalue weighted by Gasteiger charge is -2.24. The zero-order chi connectivity index (χ0) is 18.1. The molecule has 1 aliphatic heterocycles. The van der Waals surface area contributed by atoms with Crippen molar-refractivity contribution >= 4 is 52.2 Å². The Kier molecular flexibility index (Phi) is 5.06. The molecule has 1 unspecified atom stereocenters. The minimum Gasteiger partial charge on any atom is -0.331 e. The van der Waals surface area contributed by atoms with Gasteiger partial charge in [0, 0.05) is 24.1 Å². The van der Waals surface area contributed by atoms with Gasteiger partial charge in [-0.3, -0.25) is 4.79 Å². The van der Waals surface area contributed by atoms with E-state index in [9.17, 15) is 9.18 Å². The minimum absolute atomic E-state index is 0.0419. The number of amides is 1. The topological polar surface area (TPSA) is 61.9 Å². The third-order valence-electron chi connectivity index (χ3n) is 4.00. The first kappa shape index (κ1) is 17.6. The van der Waals surface area contributed by atoms with Crippen molar-refractivity contribution in [3.63, 3.8) is 0 Å². The second kappa shape index (κ2) is 7.46. The largest absolute Gasteiger partial charge is 0.331 e. The Balaban J connectivity index is 1.46. The first-order chi connectivity index (χ1) is 12.6. The summed E-state index contributed by atoms with van der Waals surface area (Å²) in [7, 11) is 0. The van der Waals surface area contributed by atoms with E-state index < -0.39 is 0 Å². The van der Waals surface area contributed by atoms with E-state index in [1.807, 2.05) is 0 Å². The number of halogens is 2. The molecule has 0 spiro atoms. The zero-order valence-corrected chi connectivity index (χ0v) is 15.9. The van der Waals surface area contributed by atoms with Crippen molar-refractivity contribution in [2.45, 2.75) is 10.5 Å². The summed E-state index contributed by atoms with van der Waals surface area (Å²) in [6.45, 7) is 0.611. The van der Waals surface area contributed by atoms with Crippen LogP contribution in [0, 0.1) is 5.82 Å². The van der Waals surface area contributed by atoms with Gasteiger partial charge in [0.2, 0.25) is 5.91 Å². The lowest BCUT2D eigenvalue weighted by atomic mass is 10.2. The maximum absolute atomic E-state index is 14.1. The fourth-order valence-corrected chi connectivity index (χ4v) is 5.01. The number of imidazole rings is 1. The molecule has 9 heteroatoms. The molecule has 1 amide bonds. The molecular formula is C17H14ClFN4OS2. The Morgan fingerprint density at radius 2 is 2.31 bits per heavy atom. The number of fused-ring (bicyclic) bond motifs is 1. The smallest absolute Gasteiger partial charge is 0.234 e. The summed E-state index contributed by atoms with van der Waals surface area (Å²) in [6.07, 6.45) is 1.53. The third-order valence-corrected chi connectivity index (χ3v) is 6.30. The van der Waals surface area contributed by atoms with Crippen molar-refractivity contribution in [2.24, 2.45) is 0 Å². The van der Waals surface area contributed by atoms with Crippen molar-refractivity contribution in [1.29, 1.82) is 0 Å². The van der Waals surface area contributed by atoms with Crippen molar-refractivity contribution in [3.05, 3.63) is 52.9 Å². The molecule has 1 N–H and O–H groups in total. The number of aromatic nitrogens is 3. The highest BCUT2D eigenvalue weighted by atomic mass is 35.5.